The SMILES string of the molecule is Cc1cc(C(=O)NC(C)c2ccccc2Br)sc1Br. The summed E-state index contributed by atoms with van der Waals surface area (Å²) in [4.78, 5) is 12.9. The number of rotatable bonds is 3. The van der Waals surface area contributed by atoms with E-state index in [0.29, 0.717) is 0 Å². The Labute approximate surface area is 133 Å². The molecule has 0 aliphatic heterocycles. The lowest BCUT2D eigenvalue weighted by molar-refractivity contribution is 0.0944. The molecule has 2 rings (SSSR count). The molecule has 0 fully saturated rings. The summed E-state index contributed by atoms with van der Waals surface area (Å²) in [6.45, 7) is 3.96. The van der Waals surface area contributed by atoms with Crippen molar-refractivity contribution in [1.29, 1.82) is 0 Å². The smallest absolute Gasteiger partial charge is 0.261 e. The van der Waals surface area contributed by atoms with Crippen LogP contribution in [-0.2, 0) is 0 Å². The number of nitrogens with one attached hydrogen (secondary N) is 1. The van der Waals surface area contributed by atoms with Gasteiger partial charge >= 0.3 is 0 Å². The molecule has 19 heavy (non-hydrogen) atoms. The van der Waals surface area contributed by atoms with Crippen molar-refractivity contribution in [3.05, 3.63) is 54.6 Å². The summed E-state index contributed by atoms with van der Waals surface area (Å²) < 4.78 is 2.01. The van der Waals surface area contributed by atoms with Crippen LogP contribution in [0.3, 0.4) is 0 Å². The van der Waals surface area contributed by atoms with Gasteiger partial charge < -0.3 is 5.32 Å². The van der Waals surface area contributed by atoms with Crippen molar-refractivity contribution in [3.63, 3.8) is 0 Å². The van der Waals surface area contributed by atoms with Gasteiger partial charge in [-0.1, -0.05) is 34.1 Å². The summed E-state index contributed by atoms with van der Waals surface area (Å²) in [5.74, 6) is -0.0398. The molecule has 1 N–H and O–H groups in total. The maximum Gasteiger partial charge on any atom is 0.261 e. The number of halogens is 2. The van der Waals surface area contributed by atoms with E-state index in [1.54, 1.807) is 0 Å². The maximum absolute atomic E-state index is 12.2. The monoisotopic (exact) mass is 401 g/mol. The highest BCUT2D eigenvalue weighted by Crippen LogP contribution is 2.28. The molecule has 0 aliphatic carbocycles. The van der Waals surface area contributed by atoms with Crippen molar-refractivity contribution < 1.29 is 4.79 Å². The Morgan fingerprint density at radius 3 is 2.58 bits per heavy atom. The van der Waals surface area contributed by atoms with E-state index in [1.807, 2.05) is 44.2 Å². The number of hydrogen-bond acceptors (Lipinski definition) is 2. The molecule has 1 unspecified atom stereocenters. The molecule has 2 aromatic rings. The van der Waals surface area contributed by atoms with Crippen molar-refractivity contribution in [1.82, 2.24) is 5.32 Å². The summed E-state index contributed by atoms with van der Waals surface area (Å²) in [5, 5.41) is 3.01. The Hall–Kier alpha value is -0.650. The molecule has 0 saturated heterocycles. The molecule has 0 bridgehead atoms. The predicted octanol–water partition coefficient (Wildman–Crippen LogP) is 5.07. The quantitative estimate of drug-likeness (QED) is 0.762. The van der Waals surface area contributed by atoms with E-state index < -0.39 is 0 Å². The molecule has 1 amide bonds. The fourth-order valence-corrected chi connectivity index (χ4v) is 3.81. The summed E-state index contributed by atoms with van der Waals surface area (Å²) in [7, 11) is 0. The first-order valence-electron chi connectivity index (χ1n) is 5.80. The average molecular weight is 403 g/mol. The highest BCUT2D eigenvalue weighted by atomic mass is 79.9. The van der Waals surface area contributed by atoms with Gasteiger partial charge in [-0.3, -0.25) is 4.79 Å². The van der Waals surface area contributed by atoms with Crippen LogP contribution in [-0.4, -0.2) is 5.91 Å². The van der Waals surface area contributed by atoms with Gasteiger partial charge in [-0.2, -0.15) is 0 Å². The first-order chi connectivity index (χ1) is 8.99. The second-order valence-corrected chi connectivity index (χ2v) is 7.51. The fourth-order valence-electron chi connectivity index (χ4n) is 1.74. The first kappa shape index (κ1) is 14.8. The van der Waals surface area contributed by atoms with Gasteiger partial charge in [-0.15, -0.1) is 11.3 Å². The van der Waals surface area contributed by atoms with Crippen LogP contribution in [0.15, 0.2) is 38.6 Å². The van der Waals surface area contributed by atoms with Crippen LogP contribution in [0.25, 0.3) is 0 Å². The lowest BCUT2D eigenvalue weighted by atomic mass is 10.1. The zero-order valence-electron chi connectivity index (χ0n) is 10.5. The van der Waals surface area contributed by atoms with Crippen LogP contribution in [0, 0.1) is 6.92 Å². The lowest BCUT2D eigenvalue weighted by Gasteiger charge is -2.15. The van der Waals surface area contributed by atoms with Gasteiger partial charge in [0.05, 0.1) is 14.7 Å². The number of benzene rings is 1. The third-order valence-corrected chi connectivity index (χ3v) is 5.66. The van der Waals surface area contributed by atoms with E-state index in [9.17, 15) is 4.79 Å². The zero-order valence-corrected chi connectivity index (χ0v) is 14.5. The molecule has 1 heterocycles. The number of amides is 1. The number of carbonyl (C=O) groups excluding carboxylic acids is 1. The fraction of sp³-hybridized carbons (Fsp3) is 0.214. The van der Waals surface area contributed by atoms with Gasteiger partial charge in [-0.05, 0) is 53.0 Å². The van der Waals surface area contributed by atoms with Gasteiger partial charge in [0.25, 0.3) is 5.91 Å². The third kappa shape index (κ3) is 3.46. The Balaban J connectivity index is 2.13. The summed E-state index contributed by atoms with van der Waals surface area (Å²) in [6, 6.07) is 9.77. The maximum atomic E-state index is 12.2. The van der Waals surface area contributed by atoms with Crippen molar-refractivity contribution >= 4 is 49.1 Å². The van der Waals surface area contributed by atoms with E-state index in [2.05, 4.69) is 37.2 Å². The zero-order chi connectivity index (χ0) is 14.0. The van der Waals surface area contributed by atoms with Crippen LogP contribution < -0.4 is 5.32 Å². The average Bonchev–Trinajstić information content (AvgIpc) is 2.70. The minimum Gasteiger partial charge on any atom is -0.345 e. The standard InChI is InChI=1S/C14H13Br2NOS/c1-8-7-12(19-13(8)16)14(18)17-9(2)10-5-3-4-6-11(10)15/h3-7,9H,1-2H3,(H,17,18). The summed E-state index contributed by atoms with van der Waals surface area (Å²) in [6.07, 6.45) is 0. The van der Waals surface area contributed by atoms with Gasteiger partial charge in [0.2, 0.25) is 0 Å². The molecule has 0 spiro atoms. The topological polar surface area (TPSA) is 29.1 Å². The molecule has 0 aliphatic rings. The number of aryl methyl sites for hydroxylation is 1. The molecule has 1 aromatic heterocycles. The molecule has 0 saturated carbocycles. The number of hydrogen-bond donors (Lipinski definition) is 1. The Morgan fingerprint density at radius 2 is 2.00 bits per heavy atom. The Bertz CT molecular complexity index is 590. The number of carbonyl (C=O) groups is 1. The second kappa shape index (κ2) is 6.20. The van der Waals surface area contributed by atoms with E-state index in [4.69, 9.17) is 0 Å². The van der Waals surface area contributed by atoms with Crippen molar-refractivity contribution in [3.8, 4) is 0 Å². The Kier molecular flexibility index (Phi) is 4.81. The third-order valence-electron chi connectivity index (χ3n) is 2.80. The molecule has 5 heteroatoms. The molecule has 0 radical (unpaired) electrons. The minimum absolute atomic E-state index is 0.0377. The van der Waals surface area contributed by atoms with Crippen LogP contribution in [0.4, 0.5) is 0 Å². The molecular formula is C14H13Br2NOS. The largest absolute Gasteiger partial charge is 0.345 e. The van der Waals surface area contributed by atoms with Gasteiger partial charge in [0.1, 0.15) is 0 Å². The minimum atomic E-state index is -0.0398. The molecule has 1 atom stereocenters. The highest BCUT2D eigenvalue weighted by Gasteiger charge is 2.15. The Morgan fingerprint density at radius 1 is 1.32 bits per heavy atom. The highest BCUT2D eigenvalue weighted by molar-refractivity contribution is 9.11. The van der Waals surface area contributed by atoms with Crippen molar-refractivity contribution in [2.75, 3.05) is 0 Å². The van der Waals surface area contributed by atoms with Crippen LogP contribution >= 0.6 is 43.2 Å². The summed E-state index contributed by atoms with van der Waals surface area (Å²) in [5.41, 5.74) is 2.16. The summed E-state index contributed by atoms with van der Waals surface area (Å²) >= 11 is 8.40. The van der Waals surface area contributed by atoms with Gasteiger partial charge in [0.15, 0.2) is 0 Å². The normalized spacial score (nSPS) is 12.2. The molecule has 2 nitrogen and oxygen atoms in total. The predicted molar refractivity (Wildman–Crippen MR) is 86.8 cm³/mol. The van der Waals surface area contributed by atoms with Crippen LogP contribution in [0.2, 0.25) is 0 Å². The lowest BCUT2D eigenvalue weighted by Crippen LogP contribution is -2.26. The molecular weight excluding hydrogens is 390 g/mol. The van der Waals surface area contributed by atoms with E-state index in [-0.39, 0.29) is 11.9 Å². The van der Waals surface area contributed by atoms with Gasteiger partial charge in [0, 0.05) is 4.47 Å². The number of thiophene rings is 1. The van der Waals surface area contributed by atoms with E-state index in [1.165, 1.54) is 11.3 Å². The van der Waals surface area contributed by atoms with E-state index >= 15 is 0 Å². The van der Waals surface area contributed by atoms with Crippen molar-refractivity contribution in [2.45, 2.75) is 19.9 Å². The second-order valence-electron chi connectivity index (χ2n) is 4.28. The van der Waals surface area contributed by atoms with Crippen LogP contribution in [0.1, 0.15) is 33.8 Å². The first-order valence-corrected chi connectivity index (χ1v) is 8.20. The molecule has 100 valence electrons. The molecule has 1 aromatic carbocycles. The van der Waals surface area contributed by atoms with E-state index in [0.717, 1.165) is 24.3 Å². The van der Waals surface area contributed by atoms with Gasteiger partial charge in [-0.25, -0.2) is 0 Å². The van der Waals surface area contributed by atoms with Crippen molar-refractivity contribution in [2.24, 2.45) is 0 Å². The van der Waals surface area contributed by atoms with Crippen LogP contribution in [0.5, 0.6) is 0 Å².